The molecule has 0 radical (unpaired) electrons. The number of nitrogens with one attached hydrogen (secondary N) is 1. The van der Waals surface area contributed by atoms with Gasteiger partial charge in [0.1, 0.15) is 11.1 Å². The molecule has 2 atom stereocenters. The van der Waals surface area contributed by atoms with Gasteiger partial charge in [0.25, 0.3) is 5.91 Å². The minimum absolute atomic E-state index is 0.0565. The zero-order valence-corrected chi connectivity index (χ0v) is 15.6. The van der Waals surface area contributed by atoms with Crippen LogP contribution in [-0.2, 0) is 16.1 Å². The van der Waals surface area contributed by atoms with E-state index >= 15 is 0 Å². The van der Waals surface area contributed by atoms with Gasteiger partial charge in [0.2, 0.25) is 5.91 Å². The highest BCUT2D eigenvalue weighted by molar-refractivity contribution is 8.00. The van der Waals surface area contributed by atoms with Gasteiger partial charge < -0.3 is 19.4 Å². The standard InChI is InChI=1S/C19H22N2O4S/c1-13(11-24-2)20-18(23)14-5-7-15(8-6-14)19-21(17(22)12-26-19)10-16-4-3-9-25-16/h3-9,13,19H,10-12H2,1-2H3,(H,20,23). The Morgan fingerprint density at radius 1 is 1.38 bits per heavy atom. The number of carbonyl (C=O) groups is 2. The van der Waals surface area contributed by atoms with E-state index in [9.17, 15) is 9.59 Å². The fraction of sp³-hybridized carbons (Fsp3) is 0.368. The van der Waals surface area contributed by atoms with Crippen molar-refractivity contribution < 1.29 is 18.7 Å². The molecule has 26 heavy (non-hydrogen) atoms. The van der Waals surface area contributed by atoms with E-state index in [2.05, 4.69) is 5.32 Å². The number of furan rings is 1. The van der Waals surface area contributed by atoms with E-state index in [1.165, 1.54) is 0 Å². The van der Waals surface area contributed by atoms with E-state index in [0.29, 0.717) is 24.5 Å². The van der Waals surface area contributed by atoms with Crippen LogP contribution in [0.15, 0.2) is 47.1 Å². The third-order valence-corrected chi connectivity index (χ3v) is 5.38. The molecule has 0 spiro atoms. The quantitative estimate of drug-likeness (QED) is 0.807. The Bertz CT molecular complexity index is 745. The van der Waals surface area contributed by atoms with E-state index in [1.807, 2.05) is 31.2 Å². The molecule has 138 valence electrons. The maximum Gasteiger partial charge on any atom is 0.251 e. The van der Waals surface area contributed by atoms with E-state index in [-0.39, 0.29) is 23.2 Å². The molecular weight excluding hydrogens is 352 g/mol. The van der Waals surface area contributed by atoms with Crippen molar-refractivity contribution in [1.82, 2.24) is 10.2 Å². The SMILES string of the molecule is COCC(C)NC(=O)c1ccc(C2SCC(=O)N2Cc2ccco2)cc1. The molecule has 1 aliphatic heterocycles. The molecular formula is C19H22N2O4S. The molecule has 7 heteroatoms. The van der Waals surface area contributed by atoms with Crippen LogP contribution in [0.25, 0.3) is 0 Å². The first-order chi connectivity index (χ1) is 12.6. The largest absolute Gasteiger partial charge is 0.467 e. The molecule has 2 unspecified atom stereocenters. The molecule has 1 fully saturated rings. The number of carbonyl (C=O) groups excluding carboxylic acids is 2. The third-order valence-electron chi connectivity index (χ3n) is 4.13. The van der Waals surface area contributed by atoms with Gasteiger partial charge in [-0.25, -0.2) is 0 Å². The predicted octanol–water partition coefficient (Wildman–Crippen LogP) is 2.82. The normalized spacial score (nSPS) is 18.2. The Morgan fingerprint density at radius 3 is 2.81 bits per heavy atom. The molecule has 2 aromatic rings. The molecule has 2 heterocycles. The lowest BCUT2D eigenvalue weighted by Crippen LogP contribution is -2.35. The van der Waals surface area contributed by atoms with E-state index in [4.69, 9.17) is 9.15 Å². The van der Waals surface area contributed by atoms with Gasteiger partial charge in [-0.3, -0.25) is 9.59 Å². The summed E-state index contributed by atoms with van der Waals surface area (Å²) in [5.74, 6) is 1.16. The highest BCUT2D eigenvalue weighted by Crippen LogP contribution is 2.39. The Kier molecular flexibility index (Phi) is 6.00. The van der Waals surface area contributed by atoms with Crippen LogP contribution in [0.2, 0.25) is 0 Å². The maximum atomic E-state index is 12.2. The summed E-state index contributed by atoms with van der Waals surface area (Å²) in [5.41, 5.74) is 1.58. The number of nitrogens with zero attached hydrogens (tertiary/aromatic N) is 1. The molecule has 1 aromatic carbocycles. The van der Waals surface area contributed by atoms with E-state index in [0.717, 1.165) is 11.3 Å². The van der Waals surface area contributed by atoms with Crippen LogP contribution >= 0.6 is 11.8 Å². The summed E-state index contributed by atoms with van der Waals surface area (Å²) in [7, 11) is 1.60. The molecule has 1 aliphatic rings. The van der Waals surface area contributed by atoms with E-state index in [1.54, 1.807) is 42.2 Å². The van der Waals surface area contributed by atoms with Gasteiger partial charge in [-0.2, -0.15) is 0 Å². The van der Waals surface area contributed by atoms with Gasteiger partial charge in [-0.05, 0) is 36.8 Å². The minimum Gasteiger partial charge on any atom is -0.467 e. The third kappa shape index (κ3) is 4.28. The van der Waals surface area contributed by atoms with Crippen molar-refractivity contribution in [1.29, 1.82) is 0 Å². The number of methoxy groups -OCH3 is 1. The van der Waals surface area contributed by atoms with Crippen LogP contribution in [0.4, 0.5) is 0 Å². The molecule has 0 aliphatic carbocycles. The van der Waals surface area contributed by atoms with Gasteiger partial charge in [-0.15, -0.1) is 11.8 Å². The Morgan fingerprint density at radius 2 is 2.15 bits per heavy atom. The fourth-order valence-corrected chi connectivity index (χ4v) is 4.06. The van der Waals surface area contributed by atoms with Crippen molar-refractivity contribution in [3.8, 4) is 0 Å². The van der Waals surface area contributed by atoms with Crippen molar-refractivity contribution in [3.05, 3.63) is 59.5 Å². The zero-order chi connectivity index (χ0) is 18.5. The lowest BCUT2D eigenvalue weighted by molar-refractivity contribution is -0.128. The summed E-state index contributed by atoms with van der Waals surface area (Å²) >= 11 is 1.58. The first-order valence-electron chi connectivity index (χ1n) is 8.41. The lowest BCUT2D eigenvalue weighted by atomic mass is 10.1. The van der Waals surface area contributed by atoms with E-state index < -0.39 is 0 Å². The average molecular weight is 374 g/mol. The number of thioether (sulfide) groups is 1. The summed E-state index contributed by atoms with van der Waals surface area (Å²) in [6.45, 7) is 2.80. The topological polar surface area (TPSA) is 71.8 Å². The van der Waals surface area contributed by atoms with Crippen LogP contribution in [-0.4, -0.2) is 42.2 Å². The highest BCUT2D eigenvalue weighted by Gasteiger charge is 2.33. The second-order valence-corrected chi connectivity index (χ2v) is 7.28. The highest BCUT2D eigenvalue weighted by atomic mass is 32.2. The predicted molar refractivity (Wildman–Crippen MR) is 99.7 cm³/mol. The first-order valence-corrected chi connectivity index (χ1v) is 9.46. The number of hydrogen-bond donors (Lipinski definition) is 1. The minimum atomic E-state index is -0.135. The smallest absolute Gasteiger partial charge is 0.251 e. The molecule has 0 saturated carbocycles. The Balaban J connectivity index is 1.69. The van der Waals surface area contributed by atoms with Crippen molar-refractivity contribution >= 4 is 23.6 Å². The van der Waals surface area contributed by atoms with Gasteiger partial charge in [0.15, 0.2) is 0 Å². The second kappa shape index (κ2) is 8.42. The summed E-state index contributed by atoms with van der Waals surface area (Å²) in [4.78, 5) is 26.3. The van der Waals surface area contributed by atoms with Crippen molar-refractivity contribution in [2.45, 2.75) is 24.9 Å². The van der Waals surface area contributed by atoms with Gasteiger partial charge in [0, 0.05) is 18.7 Å². The second-order valence-electron chi connectivity index (χ2n) is 6.22. The van der Waals surface area contributed by atoms with Crippen LogP contribution in [0, 0.1) is 0 Å². The van der Waals surface area contributed by atoms with Crippen LogP contribution in [0.3, 0.4) is 0 Å². The van der Waals surface area contributed by atoms with Gasteiger partial charge >= 0.3 is 0 Å². The summed E-state index contributed by atoms with van der Waals surface area (Å²) in [5, 5.41) is 2.81. The van der Waals surface area contributed by atoms with Gasteiger partial charge in [0.05, 0.1) is 25.2 Å². The lowest BCUT2D eigenvalue weighted by Gasteiger charge is -2.23. The van der Waals surface area contributed by atoms with Crippen LogP contribution in [0.1, 0.15) is 34.0 Å². The molecule has 0 bridgehead atoms. The zero-order valence-electron chi connectivity index (χ0n) is 14.8. The van der Waals surface area contributed by atoms with Gasteiger partial charge in [-0.1, -0.05) is 12.1 Å². The number of benzene rings is 1. The molecule has 2 amide bonds. The molecule has 1 saturated heterocycles. The number of ether oxygens (including phenoxy) is 1. The summed E-state index contributed by atoms with van der Waals surface area (Å²) in [6, 6.07) is 11.0. The molecule has 3 rings (SSSR count). The number of amides is 2. The van der Waals surface area contributed by atoms with Crippen molar-refractivity contribution in [2.24, 2.45) is 0 Å². The van der Waals surface area contributed by atoms with Crippen LogP contribution < -0.4 is 5.32 Å². The number of hydrogen-bond acceptors (Lipinski definition) is 5. The van der Waals surface area contributed by atoms with Crippen molar-refractivity contribution in [2.75, 3.05) is 19.5 Å². The molecule has 6 nitrogen and oxygen atoms in total. The molecule has 1 aromatic heterocycles. The number of rotatable bonds is 7. The fourth-order valence-electron chi connectivity index (χ4n) is 2.87. The Hall–Kier alpha value is -2.25. The average Bonchev–Trinajstić information content (AvgIpc) is 3.26. The maximum absolute atomic E-state index is 12.2. The van der Waals surface area contributed by atoms with Crippen LogP contribution in [0.5, 0.6) is 0 Å². The molecule has 1 N–H and O–H groups in total. The first kappa shape index (κ1) is 18.5. The monoisotopic (exact) mass is 374 g/mol. The summed E-state index contributed by atoms with van der Waals surface area (Å²) in [6.07, 6.45) is 1.61. The summed E-state index contributed by atoms with van der Waals surface area (Å²) < 4.78 is 10.4. The van der Waals surface area contributed by atoms with Crippen molar-refractivity contribution in [3.63, 3.8) is 0 Å². The Labute approximate surface area is 156 Å².